The lowest BCUT2D eigenvalue weighted by Gasteiger charge is -2.29. The van der Waals surface area contributed by atoms with Gasteiger partial charge < -0.3 is 0 Å². The van der Waals surface area contributed by atoms with Crippen molar-refractivity contribution in [3.05, 3.63) is 40.4 Å². The largest absolute Gasteiger partial charge is 0.409 e. The van der Waals surface area contributed by atoms with Crippen molar-refractivity contribution in [1.82, 2.24) is 0 Å². The van der Waals surface area contributed by atoms with Crippen LogP contribution in [0.5, 0.6) is 0 Å². The molecule has 0 nitrogen and oxygen atoms in total. The minimum Gasteiger partial charge on any atom is -0.167 e. The molecule has 0 heterocycles. The number of hydrogen-bond donors (Lipinski definition) is 0. The third-order valence-corrected chi connectivity index (χ3v) is 5.34. The summed E-state index contributed by atoms with van der Waals surface area (Å²) < 4.78 is 36.8. The van der Waals surface area contributed by atoms with Gasteiger partial charge in [-0.15, -0.1) is 0 Å². The summed E-state index contributed by atoms with van der Waals surface area (Å²) >= 11 is 6.17. The summed E-state index contributed by atoms with van der Waals surface area (Å²) in [6, 6.07) is 5.48. The van der Waals surface area contributed by atoms with Gasteiger partial charge in [0.2, 0.25) is 0 Å². The van der Waals surface area contributed by atoms with Crippen molar-refractivity contribution in [2.45, 2.75) is 70.4 Å². The molecule has 1 aliphatic carbocycles. The molecule has 0 N–H and O–H groups in total. The number of allylic oxidation sites excluding steroid dienone is 1. The Kier molecular flexibility index (Phi) is 7.21. The summed E-state index contributed by atoms with van der Waals surface area (Å²) in [5.74, 6) is 1.34. The quantitative estimate of drug-likeness (QED) is 0.455. The van der Waals surface area contributed by atoms with Crippen LogP contribution in [0.15, 0.2) is 24.3 Å². The van der Waals surface area contributed by atoms with Crippen LogP contribution in [-0.4, -0.2) is 6.18 Å². The molecule has 2 rings (SSSR count). The highest BCUT2D eigenvalue weighted by Gasteiger charge is 2.23. The molecule has 1 saturated carbocycles. The Balaban J connectivity index is 1.92. The number of halogens is 4. The molecular weight excluding hydrogens is 333 g/mol. The van der Waals surface area contributed by atoms with Crippen molar-refractivity contribution in [3.63, 3.8) is 0 Å². The summed E-state index contributed by atoms with van der Waals surface area (Å²) in [5.41, 5.74) is 1.59. The smallest absolute Gasteiger partial charge is 0.167 e. The van der Waals surface area contributed by atoms with Gasteiger partial charge in [0.25, 0.3) is 0 Å². The van der Waals surface area contributed by atoms with Gasteiger partial charge in [0.05, 0.1) is 0 Å². The van der Waals surface area contributed by atoms with E-state index in [1.54, 1.807) is 6.07 Å². The van der Waals surface area contributed by atoms with Gasteiger partial charge in [0.1, 0.15) is 0 Å². The van der Waals surface area contributed by atoms with Gasteiger partial charge in [-0.1, -0.05) is 56.3 Å². The van der Waals surface area contributed by atoms with Crippen molar-refractivity contribution >= 4 is 17.7 Å². The standard InChI is InChI=1S/C20H26ClF3/c1-2-3-4-5-15-6-8-16(9-7-15)18-11-10-17(19(21)14-18)12-13-20(22,23)24/h10-16H,2-9H2,1H3/b13-12+. The zero-order valence-corrected chi connectivity index (χ0v) is 15.0. The first-order chi connectivity index (χ1) is 11.4. The zero-order valence-electron chi connectivity index (χ0n) is 14.2. The van der Waals surface area contributed by atoms with E-state index in [0.29, 0.717) is 16.5 Å². The van der Waals surface area contributed by atoms with Gasteiger partial charge in [-0.2, -0.15) is 13.2 Å². The average Bonchev–Trinajstić information content (AvgIpc) is 2.54. The first kappa shape index (κ1) is 19.4. The van der Waals surface area contributed by atoms with Crippen LogP contribution in [-0.2, 0) is 0 Å². The molecule has 0 amide bonds. The topological polar surface area (TPSA) is 0 Å². The lowest BCUT2D eigenvalue weighted by molar-refractivity contribution is -0.0790. The van der Waals surface area contributed by atoms with E-state index in [2.05, 4.69) is 6.92 Å². The van der Waals surface area contributed by atoms with E-state index < -0.39 is 6.18 Å². The summed E-state index contributed by atoms with van der Waals surface area (Å²) in [4.78, 5) is 0. The molecule has 1 aromatic rings. The molecule has 0 bridgehead atoms. The molecule has 0 radical (unpaired) electrons. The molecule has 0 spiro atoms. The van der Waals surface area contributed by atoms with Crippen molar-refractivity contribution in [2.24, 2.45) is 5.92 Å². The Morgan fingerprint density at radius 2 is 1.83 bits per heavy atom. The number of unbranched alkanes of at least 4 members (excludes halogenated alkanes) is 2. The van der Waals surface area contributed by atoms with E-state index >= 15 is 0 Å². The van der Waals surface area contributed by atoms with Gasteiger partial charge in [0, 0.05) is 11.1 Å². The van der Waals surface area contributed by atoms with Crippen LogP contribution >= 0.6 is 11.6 Å². The maximum absolute atomic E-state index is 12.3. The molecule has 0 aliphatic heterocycles. The van der Waals surface area contributed by atoms with Gasteiger partial charge >= 0.3 is 6.18 Å². The van der Waals surface area contributed by atoms with Crippen LogP contribution in [0, 0.1) is 5.92 Å². The Bertz CT molecular complexity index is 540. The van der Waals surface area contributed by atoms with E-state index in [1.807, 2.05) is 12.1 Å². The highest BCUT2D eigenvalue weighted by molar-refractivity contribution is 6.32. The number of hydrogen-bond acceptors (Lipinski definition) is 0. The van der Waals surface area contributed by atoms with Gasteiger partial charge in [-0.05, 0) is 60.8 Å². The van der Waals surface area contributed by atoms with E-state index in [1.165, 1.54) is 38.5 Å². The van der Waals surface area contributed by atoms with E-state index in [-0.39, 0.29) is 6.08 Å². The van der Waals surface area contributed by atoms with Gasteiger partial charge in [-0.3, -0.25) is 0 Å². The molecule has 1 aliphatic rings. The molecule has 24 heavy (non-hydrogen) atoms. The number of rotatable bonds is 6. The van der Waals surface area contributed by atoms with E-state index in [0.717, 1.165) is 30.4 Å². The fourth-order valence-electron chi connectivity index (χ4n) is 3.58. The fraction of sp³-hybridized carbons (Fsp3) is 0.600. The molecule has 0 unspecified atom stereocenters. The molecule has 1 aromatic carbocycles. The predicted octanol–water partition coefficient (Wildman–Crippen LogP) is 7.77. The lowest BCUT2D eigenvalue weighted by atomic mass is 9.77. The van der Waals surface area contributed by atoms with E-state index in [4.69, 9.17) is 11.6 Å². The maximum Gasteiger partial charge on any atom is 0.409 e. The summed E-state index contributed by atoms with van der Waals surface area (Å²) in [7, 11) is 0. The summed E-state index contributed by atoms with van der Waals surface area (Å²) in [5, 5.41) is 0.401. The SMILES string of the molecule is CCCCCC1CCC(c2ccc(/C=C/C(F)(F)F)c(Cl)c2)CC1. The van der Waals surface area contributed by atoms with Crippen LogP contribution in [0.2, 0.25) is 5.02 Å². The second kappa shape index (κ2) is 8.94. The number of alkyl halides is 3. The zero-order chi connectivity index (χ0) is 17.6. The predicted molar refractivity (Wildman–Crippen MR) is 95.4 cm³/mol. The molecule has 0 atom stereocenters. The fourth-order valence-corrected chi connectivity index (χ4v) is 3.84. The minimum atomic E-state index is -4.31. The maximum atomic E-state index is 12.3. The van der Waals surface area contributed by atoms with Crippen molar-refractivity contribution in [3.8, 4) is 0 Å². The van der Waals surface area contributed by atoms with Gasteiger partial charge in [0.15, 0.2) is 0 Å². The number of benzene rings is 1. The first-order valence-electron chi connectivity index (χ1n) is 8.94. The normalized spacial score (nSPS) is 22.2. The Hall–Kier alpha value is -0.960. The minimum absolute atomic E-state index is 0.232. The van der Waals surface area contributed by atoms with E-state index in [9.17, 15) is 13.2 Å². The van der Waals surface area contributed by atoms with Crippen molar-refractivity contribution < 1.29 is 13.2 Å². The van der Waals surface area contributed by atoms with Crippen LogP contribution in [0.4, 0.5) is 13.2 Å². The molecular formula is C20H26ClF3. The van der Waals surface area contributed by atoms with Crippen LogP contribution in [0.1, 0.15) is 75.3 Å². The van der Waals surface area contributed by atoms with Crippen LogP contribution < -0.4 is 0 Å². The lowest BCUT2D eigenvalue weighted by Crippen LogP contribution is -2.13. The first-order valence-corrected chi connectivity index (χ1v) is 9.32. The van der Waals surface area contributed by atoms with Crippen molar-refractivity contribution in [1.29, 1.82) is 0 Å². The van der Waals surface area contributed by atoms with Crippen LogP contribution in [0.3, 0.4) is 0 Å². The monoisotopic (exact) mass is 358 g/mol. The highest BCUT2D eigenvalue weighted by atomic mass is 35.5. The van der Waals surface area contributed by atoms with Crippen LogP contribution in [0.25, 0.3) is 6.08 Å². The molecule has 0 aromatic heterocycles. The highest BCUT2D eigenvalue weighted by Crippen LogP contribution is 2.39. The molecule has 0 saturated heterocycles. The Morgan fingerprint density at radius 3 is 2.42 bits per heavy atom. The van der Waals surface area contributed by atoms with Crippen molar-refractivity contribution in [2.75, 3.05) is 0 Å². The third kappa shape index (κ3) is 6.16. The second-order valence-corrected chi connectivity index (χ2v) is 7.28. The Morgan fingerprint density at radius 1 is 1.12 bits per heavy atom. The summed E-state index contributed by atoms with van der Waals surface area (Å²) in [6.45, 7) is 2.23. The molecule has 1 fully saturated rings. The molecule has 4 heteroatoms. The molecule has 134 valence electrons. The summed E-state index contributed by atoms with van der Waals surface area (Å²) in [6.07, 6.45) is 7.04. The average molecular weight is 359 g/mol. The Labute approximate surface area is 148 Å². The second-order valence-electron chi connectivity index (χ2n) is 6.87. The third-order valence-electron chi connectivity index (χ3n) is 5.01. The van der Waals surface area contributed by atoms with Gasteiger partial charge in [-0.25, -0.2) is 0 Å².